The van der Waals surface area contributed by atoms with E-state index in [1.807, 2.05) is 0 Å². The van der Waals surface area contributed by atoms with Crippen LogP contribution in [0.5, 0.6) is 0 Å². The van der Waals surface area contributed by atoms with Gasteiger partial charge in [-0.3, -0.25) is 25.2 Å². The molecule has 7 heteroatoms. The molecule has 0 saturated carbocycles. The van der Waals surface area contributed by atoms with Crippen LogP contribution < -0.4 is 10.6 Å². The lowest BCUT2D eigenvalue weighted by Crippen LogP contribution is -2.57. The van der Waals surface area contributed by atoms with Crippen molar-refractivity contribution >= 4 is 48.0 Å². The molecule has 0 aromatic carbocycles. The summed E-state index contributed by atoms with van der Waals surface area (Å²) in [6.07, 6.45) is 8.28. The van der Waals surface area contributed by atoms with Crippen LogP contribution in [0.15, 0.2) is 4.99 Å². The van der Waals surface area contributed by atoms with Gasteiger partial charge in [-0.15, -0.1) is 0 Å². The molecule has 3 heterocycles. The van der Waals surface area contributed by atoms with Gasteiger partial charge in [-0.05, 0) is 73.7 Å². The highest BCUT2D eigenvalue weighted by Gasteiger charge is 2.37. The molecule has 0 aromatic heterocycles. The predicted octanol–water partition coefficient (Wildman–Crippen LogP) is 2.84. The standard InChI is InChI=1S/C17H25Br2N3O2/c18-14-8-2-6-12(21-14)16(23)10-4-1-5-11(20-10)17(24)13-7-3-9-15(19)22-13/h10-14,20-21H,1-9H2. The number of ketones is 2. The summed E-state index contributed by atoms with van der Waals surface area (Å²) in [6, 6.07) is -0.794. The molecule has 0 aliphatic carbocycles. The molecule has 24 heavy (non-hydrogen) atoms. The number of halogens is 2. The zero-order chi connectivity index (χ0) is 17.1. The number of piperidine rings is 2. The number of nitrogens with one attached hydrogen (secondary N) is 2. The van der Waals surface area contributed by atoms with Crippen molar-refractivity contribution in [1.29, 1.82) is 0 Å². The highest BCUT2D eigenvalue weighted by Crippen LogP contribution is 2.24. The van der Waals surface area contributed by atoms with Crippen LogP contribution in [0.2, 0.25) is 0 Å². The third-order valence-electron chi connectivity index (χ3n) is 5.24. The molecular weight excluding hydrogens is 438 g/mol. The van der Waals surface area contributed by atoms with E-state index in [2.05, 4.69) is 47.5 Å². The lowest BCUT2D eigenvalue weighted by molar-refractivity contribution is -0.127. The third-order valence-corrected chi connectivity index (χ3v) is 6.56. The molecule has 2 fully saturated rings. The molecule has 2 saturated heterocycles. The zero-order valence-corrected chi connectivity index (χ0v) is 16.9. The number of hydrogen-bond donors (Lipinski definition) is 2. The van der Waals surface area contributed by atoms with Crippen LogP contribution in [0, 0.1) is 0 Å². The van der Waals surface area contributed by atoms with Crippen LogP contribution in [0.3, 0.4) is 0 Å². The first kappa shape index (κ1) is 18.7. The molecule has 5 unspecified atom stereocenters. The van der Waals surface area contributed by atoms with Crippen molar-refractivity contribution in [3.05, 3.63) is 0 Å². The molecule has 2 N–H and O–H groups in total. The smallest absolute Gasteiger partial charge is 0.174 e. The number of rotatable bonds is 4. The third kappa shape index (κ3) is 4.54. The second kappa shape index (κ2) is 8.52. The van der Waals surface area contributed by atoms with E-state index in [1.165, 1.54) is 0 Å². The van der Waals surface area contributed by atoms with Gasteiger partial charge in [0, 0.05) is 0 Å². The second-order valence-corrected chi connectivity index (χ2v) is 9.06. The minimum Gasteiger partial charge on any atom is -0.298 e. The Bertz CT molecular complexity index is 526. The highest BCUT2D eigenvalue weighted by molar-refractivity contribution is 9.18. The number of carbonyl (C=O) groups is 2. The summed E-state index contributed by atoms with van der Waals surface area (Å²) < 4.78 is 0.894. The summed E-state index contributed by atoms with van der Waals surface area (Å²) in [5, 5.41) is 6.68. The van der Waals surface area contributed by atoms with Gasteiger partial charge in [-0.1, -0.05) is 15.9 Å². The van der Waals surface area contributed by atoms with E-state index in [-0.39, 0.29) is 40.7 Å². The monoisotopic (exact) mass is 461 g/mol. The average Bonchev–Trinajstić information content (AvgIpc) is 2.60. The fraction of sp³-hybridized carbons (Fsp3) is 0.824. The fourth-order valence-electron chi connectivity index (χ4n) is 3.92. The van der Waals surface area contributed by atoms with E-state index < -0.39 is 0 Å². The molecule has 0 spiro atoms. The van der Waals surface area contributed by atoms with E-state index in [1.54, 1.807) is 0 Å². The van der Waals surface area contributed by atoms with E-state index in [0.29, 0.717) is 0 Å². The molecule has 0 bridgehead atoms. The van der Waals surface area contributed by atoms with Gasteiger partial charge in [-0.25, -0.2) is 0 Å². The highest BCUT2D eigenvalue weighted by atomic mass is 79.9. The van der Waals surface area contributed by atoms with Crippen molar-refractivity contribution in [2.45, 2.75) is 86.9 Å². The molecule has 134 valence electrons. The summed E-state index contributed by atoms with van der Waals surface area (Å²) in [6.45, 7) is 0. The first-order valence-electron chi connectivity index (χ1n) is 9.00. The molecule has 0 aromatic rings. The molecule has 0 radical (unpaired) electrons. The number of carbonyl (C=O) groups excluding carboxylic acids is 2. The van der Waals surface area contributed by atoms with Crippen molar-refractivity contribution in [1.82, 2.24) is 10.6 Å². The quantitative estimate of drug-likeness (QED) is 0.497. The topological polar surface area (TPSA) is 70.6 Å². The van der Waals surface area contributed by atoms with Gasteiger partial charge < -0.3 is 0 Å². The summed E-state index contributed by atoms with van der Waals surface area (Å²) in [5.74, 6) is 0.365. The minimum atomic E-state index is -0.251. The largest absolute Gasteiger partial charge is 0.298 e. The number of aliphatic imine (C=N–C) groups is 1. The molecule has 3 rings (SSSR count). The van der Waals surface area contributed by atoms with Gasteiger partial charge in [0.15, 0.2) is 11.6 Å². The molecular formula is C17H25Br2N3O2. The van der Waals surface area contributed by atoms with Crippen LogP contribution >= 0.6 is 31.9 Å². The zero-order valence-electron chi connectivity index (χ0n) is 13.8. The lowest BCUT2D eigenvalue weighted by Gasteiger charge is -2.35. The van der Waals surface area contributed by atoms with Crippen molar-refractivity contribution < 1.29 is 9.59 Å². The van der Waals surface area contributed by atoms with Crippen LogP contribution in [0.25, 0.3) is 0 Å². The van der Waals surface area contributed by atoms with Crippen molar-refractivity contribution in [3.8, 4) is 0 Å². The Morgan fingerprint density at radius 3 is 2.17 bits per heavy atom. The van der Waals surface area contributed by atoms with Crippen LogP contribution in [0.1, 0.15) is 57.8 Å². The normalized spacial score (nSPS) is 37.6. The van der Waals surface area contributed by atoms with E-state index >= 15 is 0 Å². The average molecular weight is 463 g/mol. The van der Waals surface area contributed by atoms with Crippen molar-refractivity contribution in [2.75, 3.05) is 0 Å². The van der Waals surface area contributed by atoms with Crippen molar-refractivity contribution in [3.63, 3.8) is 0 Å². The predicted molar refractivity (Wildman–Crippen MR) is 102 cm³/mol. The SMILES string of the molecule is O=C(C1CCCC(Br)=N1)C1CCCC(C(=O)C2CCCC(Br)N2)N1. The van der Waals surface area contributed by atoms with Gasteiger partial charge in [0.05, 0.1) is 27.7 Å². The molecule has 3 aliphatic rings. The van der Waals surface area contributed by atoms with Crippen LogP contribution in [-0.4, -0.2) is 45.3 Å². The Morgan fingerprint density at radius 1 is 0.875 bits per heavy atom. The maximum atomic E-state index is 12.8. The Hall–Kier alpha value is -0.110. The van der Waals surface area contributed by atoms with Gasteiger partial charge in [0.1, 0.15) is 6.04 Å². The Morgan fingerprint density at radius 2 is 1.50 bits per heavy atom. The Labute approximate surface area is 160 Å². The number of hydrogen-bond acceptors (Lipinski definition) is 5. The second-order valence-electron chi connectivity index (χ2n) is 7.04. The molecule has 0 amide bonds. The van der Waals surface area contributed by atoms with Gasteiger partial charge in [0.2, 0.25) is 0 Å². The summed E-state index contributed by atoms with van der Waals surface area (Å²) >= 11 is 6.98. The first-order valence-corrected chi connectivity index (χ1v) is 10.7. The molecule has 5 nitrogen and oxygen atoms in total. The Kier molecular flexibility index (Phi) is 6.63. The van der Waals surface area contributed by atoms with E-state index in [9.17, 15) is 9.59 Å². The molecule has 5 atom stereocenters. The minimum absolute atomic E-state index is 0.101. The fourth-order valence-corrected chi connectivity index (χ4v) is 5.09. The number of alkyl halides is 1. The van der Waals surface area contributed by atoms with Crippen LogP contribution in [-0.2, 0) is 9.59 Å². The van der Waals surface area contributed by atoms with Crippen molar-refractivity contribution in [2.24, 2.45) is 4.99 Å². The van der Waals surface area contributed by atoms with E-state index in [4.69, 9.17) is 0 Å². The van der Waals surface area contributed by atoms with Gasteiger partial charge >= 0.3 is 0 Å². The first-order chi connectivity index (χ1) is 11.5. The van der Waals surface area contributed by atoms with Gasteiger partial charge in [0.25, 0.3) is 0 Å². The summed E-state index contributed by atoms with van der Waals surface area (Å²) in [4.78, 5) is 30.3. The summed E-state index contributed by atoms with van der Waals surface area (Å²) in [7, 11) is 0. The van der Waals surface area contributed by atoms with Crippen LogP contribution in [0.4, 0.5) is 0 Å². The lowest BCUT2D eigenvalue weighted by atomic mass is 9.87. The number of nitrogens with zero attached hydrogens (tertiary/aromatic N) is 1. The molecule has 3 aliphatic heterocycles. The van der Waals surface area contributed by atoms with Gasteiger partial charge in [-0.2, -0.15) is 0 Å². The maximum absolute atomic E-state index is 12.8. The van der Waals surface area contributed by atoms with E-state index in [0.717, 1.165) is 62.4 Å². The Balaban J connectivity index is 1.60. The number of Topliss-reactive ketones (excluding diaryl/α,β-unsaturated/α-hetero) is 2. The maximum Gasteiger partial charge on any atom is 0.174 e. The summed E-state index contributed by atoms with van der Waals surface area (Å²) in [5.41, 5.74) is 0.